The lowest BCUT2D eigenvalue weighted by atomic mass is 9.79. The molecule has 8 N–H and O–H groups in total. The molecule has 0 aliphatic carbocycles. The number of nitrogens with one attached hydrogen (secondary N) is 2. The zero-order chi connectivity index (χ0) is 65.7. The van der Waals surface area contributed by atoms with Crippen LogP contribution in [0.15, 0.2) is 133 Å². The molecule has 488 valence electrons. The van der Waals surface area contributed by atoms with Gasteiger partial charge in [0.15, 0.2) is 5.70 Å². The van der Waals surface area contributed by atoms with Crippen LogP contribution in [0.25, 0.3) is 0 Å². The molecule has 0 saturated carbocycles. The Balaban J connectivity index is 0.000000225. The van der Waals surface area contributed by atoms with Gasteiger partial charge in [-0.15, -0.1) is 11.8 Å². The average Bonchev–Trinajstić information content (AvgIpc) is 1.58. The number of rotatable bonds is 26. The molecule has 4 saturated heterocycles. The van der Waals surface area contributed by atoms with E-state index in [-0.39, 0.29) is 109 Å². The number of carbonyl (C=O) groups excluding carboxylic acids is 6. The maximum Gasteiger partial charge on any atom is 0.646 e. The smallest absolute Gasteiger partial charge is 0.457 e. The SMILES string of the molecule is C=CCOC(=O)C1=C(OP(=O)(Oc2ccccc2)Oc2ccccc2)[C@H](C)[C@@H]2[C@@H]([C@@H](C)O)C(=O)N12.C=CCOC(=O)C1=C(S[C@H]2C[C@@H](CNS(N)(=O)=O)N(C(=O)OCC=C)C2)[C@H](C)[C@@H]2[C@@H]([C@@H](C)O)C(=O)N12.C=CCOC(=O)N1C[C@@H](S)C[C@H]1CNS(N)(=O)=O. The summed E-state index contributed by atoms with van der Waals surface area (Å²) >= 11 is 5.62. The first-order valence-corrected chi connectivity index (χ1v) is 33.8. The fraction of sp³-hybridized carbons (Fsp3) is 0.464. The Hall–Kier alpha value is -6.71. The number of hydrogen-bond donors (Lipinski definition) is 7. The zero-order valence-corrected chi connectivity index (χ0v) is 53.5. The fourth-order valence-corrected chi connectivity index (χ4v) is 15.0. The molecule has 0 bridgehead atoms. The monoisotopic (exact) mass is 1340 g/mol. The van der Waals surface area contributed by atoms with Crippen molar-refractivity contribution in [2.24, 2.45) is 33.9 Å². The molecule has 0 aromatic heterocycles. The summed E-state index contributed by atoms with van der Waals surface area (Å²) in [5, 5.41) is 29.9. The summed E-state index contributed by atoms with van der Waals surface area (Å²) in [6.45, 7) is 21.2. The summed E-state index contributed by atoms with van der Waals surface area (Å²) in [4.78, 5) is 81.9. The second-order valence-corrected chi connectivity index (χ2v) is 27.3. The molecule has 0 radical (unpaired) electrons. The van der Waals surface area contributed by atoms with E-state index >= 15 is 0 Å². The van der Waals surface area contributed by atoms with E-state index in [9.17, 15) is 60.4 Å². The number of phosphoric ester groups is 1. The van der Waals surface area contributed by atoms with Crippen molar-refractivity contribution in [1.29, 1.82) is 0 Å². The van der Waals surface area contributed by atoms with E-state index in [1.807, 2.05) is 6.92 Å². The lowest BCUT2D eigenvalue weighted by Crippen LogP contribution is -2.63. The third-order valence-corrected chi connectivity index (χ3v) is 18.9. The normalized spacial score (nSPS) is 25.0. The van der Waals surface area contributed by atoms with E-state index in [1.165, 1.54) is 62.6 Å². The Morgan fingerprint density at radius 3 is 1.51 bits per heavy atom. The van der Waals surface area contributed by atoms with Crippen molar-refractivity contribution >= 4 is 88.6 Å². The Labute approximate surface area is 526 Å². The van der Waals surface area contributed by atoms with E-state index in [0.717, 1.165) is 0 Å². The topological polar surface area (TPSA) is 382 Å². The van der Waals surface area contributed by atoms with Crippen LogP contribution in [0.1, 0.15) is 40.5 Å². The largest absolute Gasteiger partial charge is 0.646 e. The van der Waals surface area contributed by atoms with Crippen LogP contribution in [0.3, 0.4) is 0 Å². The van der Waals surface area contributed by atoms with Crippen molar-refractivity contribution in [2.45, 2.75) is 87.4 Å². The fourth-order valence-electron chi connectivity index (χ4n) is 10.8. The summed E-state index contributed by atoms with van der Waals surface area (Å²) < 4.78 is 101. The summed E-state index contributed by atoms with van der Waals surface area (Å²) in [5.74, 6) is -4.22. The number of aliphatic hydroxyl groups excluding tert-OH is 2. The second kappa shape index (κ2) is 31.3. The van der Waals surface area contributed by atoms with Gasteiger partial charge in [0.25, 0.3) is 20.4 Å². The number of esters is 2. The number of ether oxygens (including phenoxy) is 4. The van der Waals surface area contributed by atoms with Crippen molar-refractivity contribution in [2.75, 3.05) is 52.6 Å². The van der Waals surface area contributed by atoms with Crippen LogP contribution in [0.2, 0.25) is 0 Å². The number of fused-ring (bicyclic) bond motifs is 2. The number of nitrogens with two attached hydrogens (primary N) is 2. The summed E-state index contributed by atoms with van der Waals surface area (Å²) in [5.41, 5.74) is -0.0621. The van der Waals surface area contributed by atoms with Crippen LogP contribution in [0.4, 0.5) is 9.59 Å². The molecule has 89 heavy (non-hydrogen) atoms. The molecule has 2 aromatic carbocycles. The van der Waals surface area contributed by atoms with Crippen molar-refractivity contribution in [3.05, 3.63) is 133 Å². The Morgan fingerprint density at radius 2 is 1.07 bits per heavy atom. The predicted molar refractivity (Wildman–Crippen MR) is 329 cm³/mol. The van der Waals surface area contributed by atoms with Gasteiger partial charge >= 0.3 is 31.9 Å². The van der Waals surface area contributed by atoms with Gasteiger partial charge in [-0.3, -0.25) is 14.5 Å². The molecule has 12 atom stereocenters. The maximum absolute atomic E-state index is 13.9. The highest BCUT2D eigenvalue weighted by molar-refractivity contribution is 8.03. The molecule has 28 nitrogen and oxygen atoms in total. The minimum atomic E-state index is -4.43. The van der Waals surface area contributed by atoms with E-state index in [1.54, 1.807) is 74.5 Å². The lowest BCUT2D eigenvalue weighted by Gasteiger charge is -2.46. The Bertz CT molecular complexity index is 3260. The molecule has 6 heterocycles. The second-order valence-electron chi connectivity index (χ2n) is 21.1. The molecular formula is C56H75N8O20PS4. The number of nitrogens with zero attached hydrogens (tertiary/aromatic N) is 4. The molecule has 8 rings (SSSR count). The first kappa shape index (κ1) is 71.4. The number of aliphatic hydroxyl groups is 2. The van der Waals surface area contributed by atoms with Crippen LogP contribution in [-0.2, 0) is 67.6 Å². The van der Waals surface area contributed by atoms with Gasteiger partial charge in [0.1, 0.15) is 49.4 Å². The number of amides is 4. The highest BCUT2D eigenvalue weighted by Gasteiger charge is 2.63. The molecule has 6 aliphatic rings. The first-order chi connectivity index (χ1) is 42.0. The van der Waals surface area contributed by atoms with E-state index in [0.29, 0.717) is 24.3 Å². The van der Waals surface area contributed by atoms with Gasteiger partial charge in [-0.2, -0.15) is 34.0 Å². The van der Waals surface area contributed by atoms with E-state index < -0.39 is 100 Å². The number of benzene rings is 2. The molecule has 6 aliphatic heterocycles. The molecule has 0 unspecified atom stereocenters. The Kier molecular flexibility index (Phi) is 25.1. The molecule has 0 spiro atoms. The van der Waals surface area contributed by atoms with Crippen LogP contribution in [-0.4, -0.2) is 182 Å². The van der Waals surface area contributed by atoms with Gasteiger partial charge in [-0.1, -0.05) is 101 Å². The number of thioether (sulfide) groups is 1. The number of β-lactam (4-membered cyclic amide) rings is 2. The number of likely N-dealkylation sites (tertiary alicyclic amines) is 2. The van der Waals surface area contributed by atoms with Crippen LogP contribution in [0.5, 0.6) is 11.5 Å². The maximum atomic E-state index is 13.9. The number of thiol groups is 1. The quantitative estimate of drug-likeness (QED) is 0.0177. The summed E-state index contributed by atoms with van der Waals surface area (Å²) in [6, 6.07) is 14.8. The standard InChI is InChI=1S/C25H26NO8P.C22H32N4O8S2.C9H17N3O4S2/c1-4-15-31-25(29)22-23(16(2)21-20(17(3)27)24(28)26(21)22)34-35(30,32-18-11-7-5-8-12-18)33-19-13-9-6-10-14-19;1-5-7-33-21(29)18-19(12(3)17-16(13(4)27)20(28)26(17)18)35-15-9-14(10-24-36(23,31)32)25(11-15)22(30)34-8-6-2;1-2-3-16-9(13)12-6-8(17)4-7(12)5-11-18(10,14)15/h4-14,16-17,20-21,27H,1,15H2,2-3H3;5-6,12-17,24,27H,1-2,7-11H2,3-4H3,(H2,23,31,32);2,7-8,11,17H,1,3-6H2,(H2,10,14,15)/t16-,17-,20-,21-;12-,13-,14+,15+,16-,17-;7-,8-/m110/s1. The summed E-state index contributed by atoms with van der Waals surface area (Å²) in [6.07, 6.45) is 3.66. The molecule has 4 amide bonds. The van der Waals surface area contributed by atoms with Crippen molar-refractivity contribution < 1.29 is 92.9 Å². The van der Waals surface area contributed by atoms with Gasteiger partial charge in [-0.05, 0) is 51.0 Å². The minimum absolute atomic E-state index is 0.00596. The van der Waals surface area contributed by atoms with Crippen LogP contribution >= 0.6 is 32.2 Å². The van der Waals surface area contributed by atoms with E-state index in [2.05, 4.69) is 48.4 Å². The minimum Gasteiger partial charge on any atom is -0.457 e. The van der Waals surface area contributed by atoms with Crippen molar-refractivity contribution in [1.82, 2.24) is 29.0 Å². The van der Waals surface area contributed by atoms with Crippen LogP contribution < -0.4 is 28.8 Å². The number of carbonyl (C=O) groups is 6. The molecular weight excluding hydrogens is 1260 g/mol. The van der Waals surface area contributed by atoms with Gasteiger partial charge < -0.3 is 57.4 Å². The number of phosphoric acid groups is 1. The van der Waals surface area contributed by atoms with Gasteiger partial charge in [-0.25, -0.2) is 38.9 Å². The average molecular weight is 1340 g/mol. The first-order valence-electron chi connectivity index (χ1n) is 27.8. The van der Waals surface area contributed by atoms with Crippen LogP contribution in [0, 0.1) is 23.7 Å². The van der Waals surface area contributed by atoms with Gasteiger partial charge in [0.05, 0.1) is 36.1 Å². The molecule has 33 heteroatoms. The highest BCUT2D eigenvalue weighted by atomic mass is 32.2. The lowest BCUT2D eigenvalue weighted by molar-refractivity contribution is -0.164. The number of para-hydroxylation sites is 2. The van der Waals surface area contributed by atoms with Gasteiger partial charge in [0.2, 0.25) is 11.8 Å². The predicted octanol–water partition coefficient (Wildman–Crippen LogP) is 3.62. The van der Waals surface area contributed by atoms with Gasteiger partial charge in [0, 0.05) is 65.5 Å². The summed E-state index contributed by atoms with van der Waals surface area (Å²) in [7, 11) is -12.2. The van der Waals surface area contributed by atoms with E-state index in [4.69, 9.17) is 42.8 Å². The van der Waals surface area contributed by atoms with Crippen molar-refractivity contribution in [3.8, 4) is 11.5 Å². The molecule has 2 aromatic rings. The third-order valence-electron chi connectivity index (χ3n) is 14.6. The number of hydrogen-bond acceptors (Lipinski definition) is 22. The van der Waals surface area contributed by atoms with Crippen molar-refractivity contribution in [3.63, 3.8) is 0 Å². The highest BCUT2D eigenvalue weighted by Crippen LogP contribution is 2.57. The Morgan fingerprint density at radius 1 is 0.663 bits per heavy atom. The molecule has 4 fully saturated rings. The zero-order valence-electron chi connectivity index (χ0n) is 49.2. The third kappa shape index (κ3) is 18.0.